The van der Waals surface area contributed by atoms with Gasteiger partial charge in [-0.05, 0) is 6.07 Å². The van der Waals surface area contributed by atoms with Crippen molar-refractivity contribution in [2.24, 2.45) is 13.0 Å². The first-order valence-corrected chi connectivity index (χ1v) is 8.16. The maximum Gasteiger partial charge on any atom is 0.276 e. The van der Waals surface area contributed by atoms with E-state index in [4.69, 9.17) is 4.42 Å². The van der Waals surface area contributed by atoms with Crippen LogP contribution in [0, 0.1) is 5.92 Å². The SMILES string of the molecule is CCc1ocnc1C(=O)N1CC(CNC(=O)c2ccn(C)c(=O)c2)C1. The highest BCUT2D eigenvalue weighted by Gasteiger charge is 2.33. The predicted octanol–water partition coefficient (Wildman–Crippen LogP) is 0.438. The number of oxazole rings is 1. The van der Waals surface area contributed by atoms with Crippen molar-refractivity contribution >= 4 is 11.8 Å². The lowest BCUT2D eigenvalue weighted by atomic mass is 9.99. The molecule has 3 heterocycles. The highest BCUT2D eigenvalue weighted by atomic mass is 16.3. The Kier molecular flexibility index (Phi) is 4.69. The lowest BCUT2D eigenvalue weighted by molar-refractivity contribution is 0.0490. The predicted molar refractivity (Wildman–Crippen MR) is 89.3 cm³/mol. The van der Waals surface area contributed by atoms with E-state index in [2.05, 4.69) is 10.3 Å². The molecule has 8 nitrogen and oxygen atoms in total. The first kappa shape index (κ1) is 16.9. The second-order valence-electron chi connectivity index (χ2n) is 6.13. The van der Waals surface area contributed by atoms with Crippen molar-refractivity contribution in [3.63, 3.8) is 0 Å². The number of amides is 2. The summed E-state index contributed by atoms with van der Waals surface area (Å²) in [5.74, 6) is 0.357. The molecule has 1 fully saturated rings. The van der Waals surface area contributed by atoms with Gasteiger partial charge in [0.25, 0.3) is 17.4 Å². The number of pyridine rings is 1. The molecule has 1 saturated heterocycles. The smallest absolute Gasteiger partial charge is 0.276 e. The molecule has 25 heavy (non-hydrogen) atoms. The summed E-state index contributed by atoms with van der Waals surface area (Å²) in [6.07, 6.45) is 3.46. The molecule has 8 heteroatoms. The molecule has 0 spiro atoms. The van der Waals surface area contributed by atoms with Gasteiger partial charge in [-0.25, -0.2) is 4.98 Å². The Bertz CT molecular complexity index is 848. The van der Waals surface area contributed by atoms with Crippen molar-refractivity contribution in [1.29, 1.82) is 0 Å². The molecule has 0 atom stereocenters. The molecule has 1 aliphatic heterocycles. The molecular weight excluding hydrogens is 324 g/mol. The maximum atomic E-state index is 12.3. The summed E-state index contributed by atoms with van der Waals surface area (Å²) in [5, 5.41) is 2.81. The summed E-state index contributed by atoms with van der Waals surface area (Å²) in [4.78, 5) is 41.6. The fourth-order valence-corrected chi connectivity index (χ4v) is 2.74. The minimum atomic E-state index is -0.285. The van der Waals surface area contributed by atoms with Crippen LogP contribution >= 0.6 is 0 Å². The zero-order valence-corrected chi connectivity index (χ0v) is 14.2. The molecular formula is C17H20N4O4. The van der Waals surface area contributed by atoms with E-state index in [0.29, 0.717) is 43.1 Å². The van der Waals surface area contributed by atoms with Crippen LogP contribution in [-0.4, -0.2) is 45.9 Å². The zero-order chi connectivity index (χ0) is 18.0. The summed E-state index contributed by atoms with van der Waals surface area (Å²) >= 11 is 0. The van der Waals surface area contributed by atoms with Crippen molar-refractivity contribution in [1.82, 2.24) is 19.8 Å². The fourth-order valence-electron chi connectivity index (χ4n) is 2.74. The van der Waals surface area contributed by atoms with Gasteiger partial charge in [-0.2, -0.15) is 0 Å². The number of nitrogens with zero attached hydrogens (tertiary/aromatic N) is 3. The maximum absolute atomic E-state index is 12.3. The molecule has 0 aliphatic carbocycles. The average molecular weight is 344 g/mol. The third-order valence-corrected chi connectivity index (χ3v) is 4.33. The van der Waals surface area contributed by atoms with Gasteiger partial charge in [0.05, 0.1) is 0 Å². The molecule has 2 amide bonds. The summed E-state index contributed by atoms with van der Waals surface area (Å²) in [6, 6.07) is 2.91. The Morgan fingerprint density at radius 1 is 1.40 bits per heavy atom. The minimum Gasteiger partial charge on any atom is -0.448 e. The minimum absolute atomic E-state index is 0.139. The van der Waals surface area contributed by atoms with Crippen molar-refractivity contribution in [2.45, 2.75) is 13.3 Å². The standard InChI is InChI=1S/C17H20N4O4/c1-3-13-15(19-10-25-13)17(24)21-8-11(9-21)7-18-16(23)12-4-5-20(2)14(22)6-12/h4-6,10-11H,3,7-9H2,1-2H3,(H,18,23). The Morgan fingerprint density at radius 3 is 2.84 bits per heavy atom. The van der Waals surface area contributed by atoms with Gasteiger partial charge >= 0.3 is 0 Å². The molecule has 132 valence electrons. The number of nitrogens with one attached hydrogen (secondary N) is 1. The van der Waals surface area contributed by atoms with E-state index in [-0.39, 0.29) is 23.3 Å². The van der Waals surface area contributed by atoms with E-state index in [0.717, 1.165) is 0 Å². The summed E-state index contributed by atoms with van der Waals surface area (Å²) in [6.45, 7) is 3.48. The topological polar surface area (TPSA) is 97.4 Å². The molecule has 0 bridgehead atoms. The average Bonchev–Trinajstić information content (AvgIpc) is 3.04. The van der Waals surface area contributed by atoms with Crippen molar-refractivity contribution in [3.8, 4) is 0 Å². The first-order chi connectivity index (χ1) is 12.0. The number of carbonyl (C=O) groups is 2. The van der Waals surface area contributed by atoms with Gasteiger partial charge in [-0.15, -0.1) is 0 Å². The van der Waals surface area contributed by atoms with E-state index >= 15 is 0 Å². The molecule has 0 saturated carbocycles. The summed E-state index contributed by atoms with van der Waals surface area (Å²) in [5.41, 5.74) is 0.475. The Morgan fingerprint density at radius 2 is 2.16 bits per heavy atom. The summed E-state index contributed by atoms with van der Waals surface area (Å²) < 4.78 is 6.59. The number of aromatic nitrogens is 2. The van der Waals surface area contributed by atoms with Gasteiger partial charge in [0.2, 0.25) is 0 Å². The number of rotatable bonds is 5. The third-order valence-electron chi connectivity index (χ3n) is 4.33. The number of aryl methyl sites for hydroxylation is 2. The van der Waals surface area contributed by atoms with Crippen LogP contribution in [0.5, 0.6) is 0 Å². The normalized spacial score (nSPS) is 14.2. The first-order valence-electron chi connectivity index (χ1n) is 8.16. The van der Waals surface area contributed by atoms with Gasteiger partial charge in [0.15, 0.2) is 12.1 Å². The Hall–Kier alpha value is -2.90. The van der Waals surface area contributed by atoms with Crippen LogP contribution in [0.25, 0.3) is 0 Å². The number of hydrogen-bond donors (Lipinski definition) is 1. The van der Waals surface area contributed by atoms with Gasteiger partial charge in [0.1, 0.15) is 5.76 Å². The summed E-state index contributed by atoms with van der Waals surface area (Å²) in [7, 11) is 1.63. The number of carbonyl (C=O) groups excluding carboxylic acids is 2. The van der Waals surface area contributed by atoms with Crippen molar-refractivity contribution in [3.05, 3.63) is 52.1 Å². The second kappa shape index (κ2) is 6.92. The Labute approximate surface area is 144 Å². The van der Waals surface area contributed by atoms with E-state index in [9.17, 15) is 14.4 Å². The Balaban J connectivity index is 1.49. The zero-order valence-electron chi connectivity index (χ0n) is 14.2. The highest BCUT2D eigenvalue weighted by molar-refractivity contribution is 5.94. The van der Waals surface area contributed by atoms with Crippen molar-refractivity contribution < 1.29 is 14.0 Å². The van der Waals surface area contributed by atoms with E-state index < -0.39 is 0 Å². The highest BCUT2D eigenvalue weighted by Crippen LogP contribution is 2.19. The van der Waals surface area contributed by atoms with Crippen LogP contribution in [0.15, 0.2) is 33.9 Å². The van der Waals surface area contributed by atoms with Gasteiger partial charge in [-0.3, -0.25) is 14.4 Å². The molecule has 2 aromatic heterocycles. The molecule has 0 radical (unpaired) electrons. The van der Waals surface area contributed by atoms with E-state index in [1.54, 1.807) is 24.2 Å². The van der Waals surface area contributed by atoms with Crippen LogP contribution < -0.4 is 10.9 Å². The number of hydrogen-bond acceptors (Lipinski definition) is 5. The molecule has 1 aliphatic rings. The molecule has 2 aromatic rings. The lowest BCUT2D eigenvalue weighted by Crippen LogP contribution is -2.54. The lowest BCUT2D eigenvalue weighted by Gasteiger charge is -2.39. The van der Waals surface area contributed by atoms with Crippen LogP contribution in [-0.2, 0) is 13.5 Å². The third kappa shape index (κ3) is 3.47. The van der Waals surface area contributed by atoms with Gasteiger partial charge in [0, 0.05) is 56.8 Å². The second-order valence-corrected chi connectivity index (χ2v) is 6.13. The van der Waals surface area contributed by atoms with Crippen molar-refractivity contribution in [2.75, 3.05) is 19.6 Å². The molecule has 3 rings (SSSR count). The quantitative estimate of drug-likeness (QED) is 0.849. The molecule has 0 unspecified atom stereocenters. The molecule has 1 N–H and O–H groups in total. The van der Waals surface area contributed by atoms with Crippen LogP contribution in [0.2, 0.25) is 0 Å². The van der Waals surface area contributed by atoms with Crippen LogP contribution in [0.4, 0.5) is 0 Å². The van der Waals surface area contributed by atoms with Crippen LogP contribution in [0.1, 0.15) is 33.5 Å². The number of likely N-dealkylation sites (tertiary alicyclic amines) is 1. The van der Waals surface area contributed by atoms with Gasteiger partial charge in [-0.1, -0.05) is 6.92 Å². The van der Waals surface area contributed by atoms with Crippen LogP contribution in [0.3, 0.4) is 0 Å². The molecule has 0 aromatic carbocycles. The monoisotopic (exact) mass is 344 g/mol. The largest absolute Gasteiger partial charge is 0.448 e. The van der Waals surface area contributed by atoms with E-state index in [1.807, 2.05) is 6.92 Å². The van der Waals surface area contributed by atoms with E-state index in [1.165, 1.54) is 17.0 Å². The fraction of sp³-hybridized carbons (Fsp3) is 0.412. The van der Waals surface area contributed by atoms with Gasteiger partial charge < -0.3 is 19.2 Å².